The molecule has 0 radical (unpaired) electrons. The van der Waals surface area contributed by atoms with Crippen LogP contribution < -0.4 is 11.1 Å². The van der Waals surface area contributed by atoms with E-state index in [4.69, 9.17) is 5.73 Å². The van der Waals surface area contributed by atoms with E-state index in [1.807, 2.05) is 0 Å². The molecule has 1 rings (SSSR count). The van der Waals surface area contributed by atoms with Gasteiger partial charge in [-0.1, -0.05) is 6.92 Å². The first kappa shape index (κ1) is 12.0. The Labute approximate surface area is 88.0 Å². The highest BCUT2D eigenvalue weighted by atomic mass is 15.1. The fraction of sp³-hybridized carbons (Fsp3) is 1.00. The Bertz CT molecular complexity index is 130. The van der Waals surface area contributed by atoms with Crippen LogP contribution in [0.25, 0.3) is 0 Å². The summed E-state index contributed by atoms with van der Waals surface area (Å²) in [4.78, 5) is 2.54. The van der Waals surface area contributed by atoms with Gasteiger partial charge in [-0.3, -0.25) is 0 Å². The van der Waals surface area contributed by atoms with Crippen LogP contribution in [0.4, 0.5) is 0 Å². The molecule has 84 valence electrons. The second-order valence-corrected chi connectivity index (χ2v) is 4.28. The van der Waals surface area contributed by atoms with Gasteiger partial charge in [-0.05, 0) is 58.4 Å². The molecule has 0 aromatic rings. The van der Waals surface area contributed by atoms with E-state index in [1.165, 1.54) is 45.3 Å². The molecule has 0 atom stereocenters. The van der Waals surface area contributed by atoms with Crippen LogP contribution in [0.1, 0.15) is 32.6 Å². The lowest BCUT2D eigenvalue weighted by atomic mass is 10.1. The third-order valence-corrected chi connectivity index (χ3v) is 2.89. The number of nitrogens with two attached hydrogens (primary N) is 1. The number of rotatable bonds is 6. The minimum absolute atomic E-state index is 0.462. The summed E-state index contributed by atoms with van der Waals surface area (Å²) in [5.41, 5.74) is 5.85. The molecule has 0 aliphatic carbocycles. The second kappa shape index (κ2) is 7.21. The highest BCUT2D eigenvalue weighted by molar-refractivity contribution is 4.73. The lowest BCUT2D eigenvalue weighted by Gasteiger charge is -2.29. The third kappa shape index (κ3) is 4.94. The summed E-state index contributed by atoms with van der Waals surface area (Å²) >= 11 is 0. The molecule has 3 nitrogen and oxygen atoms in total. The van der Waals surface area contributed by atoms with Crippen molar-refractivity contribution < 1.29 is 0 Å². The van der Waals surface area contributed by atoms with Gasteiger partial charge in [0.2, 0.25) is 0 Å². The van der Waals surface area contributed by atoms with E-state index in [9.17, 15) is 0 Å². The van der Waals surface area contributed by atoms with E-state index in [0.717, 1.165) is 13.1 Å². The minimum Gasteiger partial charge on any atom is -0.328 e. The molecule has 0 aromatic carbocycles. The van der Waals surface area contributed by atoms with E-state index in [2.05, 4.69) is 17.1 Å². The summed E-state index contributed by atoms with van der Waals surface area (Å²) < 4.78 is 0. The fourth-order valence-corrected chi connectivity index (χ4v) is 1.91. The molecule has 1 heterocycles. The van der Waals surface area contributed by atoms with Crippen LogP contribution in [0.15, 0.2) is 0 Å². The molecule has 1 aliphatic rings. The van der Waals surface area contributed by atoms with Gasteiger partial charge in [0.1, 0.15) is 0 Å². The largest absolute Gasteiger partial charge is 0.328 e. The van der Waals surface area contributed by atoms with Gasteiger partial charge in [0, 0.05) is 6.04 Å². The lowest BCUT2D eigenvalue weighted by Crippen LogP contribution is -2.40. The Morgan fingerprint density at radius 3 is 2.64 bits per heavy atom. The number of likely N-dealkylation sites (tertiary alicyclic amines) is 1. The molecule has 3 N–H and O–H groups in total. The first-order valence-corrected chi connectivity index (χ1v) is 6.01. The molecule has 1 aliphatic heterocycles. The third-order valence-electron chi connectivity index (χ3n) is 2.89. The van der Waals surface area contributed by atoms with E-state index in [0.29, 0.717) is 6.04 Å². The second-order valence-electron chi connectivity index (χ2n) is 4.28. The summed E-state index contributed by atoms with van der Waals surface area (Å²) in [6.45, 7) is 8.17. The molecular formula is C11H25N3. The maximum Gasteiger partial charge on any atom is 0.00631 e. The van der Waals surface area contributed by atoms with Crippen molar-refractivity contribution >= 4 is 0 Å². The van der Waals surface area contributed by atoms with Crippen molar-refractivity contribution in [2.75, 3.05) is 32.7 Å². The molecule has 14 heavy (non-hydrogen) atoms. The van der Waals surface area contributed by atoms with E-state index < -0.39 is 0 Å². The van der Waals surface area contributed by atoms with Crippen LogP contribution in [0.2, 0.25) is 0 Å². The number of nitrogens with zero attached hydrogens (tertiary/aromatic N) is 1. The zero-order valence-electron chi connectivity index (χ0n) is 9.47. The average Bonchev–Trinajstić information content (AvgIpc) is 2.21. The SMILES string of the molecule is CCCNCCCN1CCC(N)CC1. The van der Waals surface area contributed by atoms with Crippen molar-refractivity contribution in [3.63, 3.8) is 0 Å². The Kier molecular flexibility index (Phi) is 6.15. The monoisotopic (exact) mass is 199 g/mol. The van der Waals surface area contributed by atoms with Crippen molar-refractivity contribution in [2.24, 2.45) is 5.73 Å². The minimum atomic E-state index is 0.462. The van der Waals surface area contributed by atoms with E-state index in [1.54, 1.807) is 0 Å². The standard InChI is InChI=1S/C11H25N3/c1-2-6-13-7-3-8-14-9-4-11(12)5-10-14/h11,13H,2-10,12H2,1H3. The first-order chi connectivity index (χ1) is 6.83. The summed E-state index contributed by atoms with van der Waals surface area (Å²) in [5, 5.41) is 3.43. The van der Waals surface area contributed by atoms with Gasteiger partial charge in [0.05, 0.1) is 0 Å². The van der Waals surface area contributed by atoms with Gasteiger partial charge in [0.25, 0.3) is 0 Å². The summed E-state index contributed by atoms with van der Waals surface area (Å²) in [5.74, 6) is 0. The highest BCUT2D eigenvalue weighted by Gasteiger charge is 2.14. The zero-order chi connectivity index (χ0) is 10.2. The van der Waals surface area contributed by atoms with Crippen LogP contribution in [0.5, 0.6) is 0 Å². The maximum absolute atomic E-state index is 5.85. The van der Waals surface area contributed by atoms with Crippen LogP contribution in [0.3, 0.4) is 0 Å². The van der Waals surface area contributed by atoms with Crippen molar-refractivity contribution in [3.05, 3.63) is 0 Å². The van der Waals surface area contributed by atoms with Gasteiger partial charge in [0.15, 0.2) is 0 Å². The molecule has 0 amide bonds. The van der Waals surface area contributed by atoms with Crippen LogP contribution in [-0.4, -0.2) is 43.7 Å². The topological polar surface area (TPSA) is 41.3 Å². The van der Waals surface area contributed by atoms with Crippen molar-refractivity contribution in [3.8, 4) is 0 Å². The molecule has 0 saturated carbocycles. The van der Waals surface area contributed by atoms with Gasteiger partial charge < -0.3 is 16.0 Å². The number of nitrogens with one attached hydrogen (secondary N) is 1. The van der Waals surface area contributed by atoms with Crippen molar-refractivity contribution in [2.45, 2.75) is 38.6 Å². The zero-order valence-corrected chi connectivity index (χ0v) is 9.47. The summed E-state index contributed by atoms with van der Waals surface area (Å²) in [7, 11) is 0. The number of piperidine rings is 1. The smallest absolute Gasteiger partial charge is 0.00631 e. The van der Waals surface area contributed by atoms with Crippen LogP contribution in [0, 0.1) is 0 Å². The number of hydrogen-bond donors (Lipinski definition) is 2. The van der Waals surface area contributed by atoms with Crippen molar-refractivity contribution in [1.82, 2.24) is 10.2 Å². The Hall–Kier alpha value is -0.120. The normalized spacial score (nSPS) is 20.1. The average molecular weight is 199 g/mol. The fourth-order valence-electron chi connectivity index (χ4n) is 1.91. The molecule has 1 saturated heterocycles. The Morgan fingerprint density at radius 2 is 2.00 bits per heavy atom. The quantitative estimate of drug-likeness (QED) is 0.622. The Balaban J connectivity index is 1.91. The molecule has 3 heteroatoms. The van der Waals surface area contributed by atoms with Gasteiger partial charge in [-0.2, -0.15) is 0 Å². The van der Waals surface area contributed by atoms with Crippen LogP contribution >= 0.6 is 0 Å². The van der Waals surface area contributed by atoms with E-state index >= 15 is 0 Å². The summed E-state index contributed by atoms with van der Waals surface area (Å²) in [6, 6.07) is 0.462. The highest BCUT2D eigenvalue weighted by Crippen LogP contribution is 2.07. The molecule has 0 aromatic heterocycles. The Morgan fingerprint density at radius 1 is 1.29 bits per heavy atom. The number of hydrogen-bond acceptors (Lipinski definition) is 3. The van der Waals surface area contributed by atoms with Gasteiger partial charge in [-0.15, -0.1) is 0 Å². The molecule has 0 bridgehead atoms. The maximum atomic E-state index is 5.85. The first-order valence-electron chi connectivity index (χ1n) is 6.01. The molecule has 0 spiro atoms. The molecule has 0 unspecified atom stereocenters. The molecular weight excluding hydrogens is 174 g/mol. The van der Waals surface area contributed by atoms with Gasteiger partial charge in [-0.25, -0.2) is 0 Å². The van der Waals surface area contributed by atoms with Gasteiger partial charge >= 0.3 is 0 Å². The summed E-state index contributed by atoms with van der Waals surface area (Å²) in [6.07, 6.45) is 4.87. The van der Waals surface area contributed by atoms with Crippen molar-refractivity contribution in [1.29, 1.82) is 0 Å². The van der Waals surface area contributed by atoms with Crippen LogP contribution in [-0.2, 0) is 0 Å². The lowest BCUT2D eigenvalue weighted by molar-refractivity contribution is 0.210. The predicted molar refractivity (Wildman–Crippen MR) is 61.4 cm³/mol. The molecule has 1 fully saturated rings. The predicted octanol–water partition coefficient (Wildman–Crippen LogP) is 0.799. The van der Waals surface area contributed by atoms with E-state index in [-0.39, 0.29) is 0 Å².